The van der Waals surface area contributed by atoms with Gasteiger partial charge in [-0.2, -0.15) is 0 Å². The molecule has 0 radical (unpaired) electrons. The van der Waals surface area contributed by atoms with Gasteiger partial charge in [0.1, 0.15) is 0 Å². The normalized spacial score (nSPS) is 24.1. The lowest BCUT2D eigenvalue weighted by atomic mass is 9.93. The second-order valence-corrected chi connectivity index (χ2v) is 8.62. The molecule has 0 spiro atoms. The monoisotopic (exact) mass is 381 g/mol. The van der Waals surface area contributed by atoms with Crippen LogP contribution in [0.2, 0.25) is 0 Å². The van der Waals surface area contributed by atoms with Crippen LogP contribution < -0.4 is 0 Å². The van der Waals surface area contributed by atoms with Crippen LogP contribution in [-0.4, -0.2) is 39.8 Å². The second kappa shape index (κ2) is 7.79. The highest BCUT2D eigenvalue weighted by molar-refractivity contribution is 7.84. The van der Waals surface area contributed by atoms with Gasteiger partial charge in [-0.1, -0.05) is 48.5 Å². The Morgan fingerprint density at radius 3 is 2.70 bits per heavy atom. The van der Waals surface area contributed by atoms with Crippen LogP contribution in [0.4, 0.5) is 0 Å². The number of aliphatic carboxylic acids is 1. The first-order valence-electron chi connectivity index (χ1n) is 9.35. The summed E-state index contributed by atoms with van der Waals surface area (Å²) in [5, 5.41) is 9.32. The number of carboxylic acids is 1. The maximum Gasteiger partial charge on any atom is 0.307 e. The lowest BCUT2D eigenvalue weighted by Gasteiger charge is -2.30. The minimum absolute atomic E-state index is 0.279. The molecule has 2 atom stereocenters. The second-order valence-electron chi connectivity index (χ2n) is 7.20. The summed E-state index contributed by atoms with van der Waals surface area (Å²) in [5.41, 5.74) is 4.35. The molecule has 4 rings (SSSR count). The topological polar surface area (TPSA) is 57.6 Å². The largest absolute Gasteiger partial charge is 0.481 e. The molecule has 4 nitrogen and oxygen atoms in total. The van der Waals surface area contributed by atoms with Crippen molar-refractivity contribution in [1.82, 2.24) is 4.90 Å². The summed E-state index contributed by atoms with van der Waals surface area (Å²) >= 11 is 0. The fourth-order valence-corrected chi connectivity index (χ4v) is 5.37. The maximum atomic E-state index is 12.8. The van der Waals surface area contributed by atoms with E-state index in [0.29, 0.717) is 18.8 Å². The van der Waals surface area contributed by atoms with E-state index in [0.717, 1.165) is 46.5 Å². The quantitative estimate of drug-likeness (QED) is 0.884. The maximum absolute atomic E-state index is 12.8. The molecule has 5 heteroatoms. The molecule has 0 aliphatic carbocycles. The molecular weight excluding hydrogens is 358 g/mol. The van der Waals surface area contributed by atoms with E-state index in [1.54, 1.807) is 0 Å². The molecule has 0 bridgehead atoms. The SMILES string of the molecule is O=C(O)C1CCCN(C/C=C2\c3ccccc3CS(=O)c3ccccc32)C1. The number of benzene rings is 2. The molecule has 0 saturated carbocycles. The Balaban J connectivity index is 1.71. The van der Waals surface area contributed by atoms with Crippen molar-refractivity contribution >= 4 is 22.3 Å². The third-order valence-corrected chi connectivity index (χ3v) is 6.84. The van der Waals surface area contributed by atoms with Gasteiger partial charge in [0.15, 0.2) is 0 Å². The van der Waals surface area contributed by atoms with Crippen LogP contribution in [0.5, 0.6) is 0 Å². The molecule has 2 heterocycles. The van der Waals surface area contributed by atoms with Crippen molar-refractivity contribution in [3.63, 3.8) is 0 Å². The van der Waals surface area contributed by atoms with E-state index >= 15 is 0 Å². The first kappa shape index (κ1) is 18.1. The van der Waals surface area contributed by atoms with Crippen LogP contribution >= 0.6 is 0 Å². The van der Waals surface area contributed by atoms with Gasteiger partial charge >= 0.3 is 5.97 Å². The molecule has 0 amide bonds. The summed E-state index contributed by atoms with van der Waals surface area (Å²) in [6, 6.07) is 16.1. The summed E-state index contributed by atoms with van der Waals surface area (Å²) < 4.78 is 12.8. The number of piperidine rings is 1. The average Bonchev–Trinajstić information content (AvgIpc) is 2.81. The molecule has 2 aliphatic rings. The molecule has 1 saturated heterocycles. The van der Waals surface area contributed by atoms with Crippen molar-refractivity contribution in [2.24, 2.45) is 5.92 Å². The van der Waals surface area contributed by atoms with Crippen molar-refractivity contribution in [3.8, 4) is 0 Å². The number of fused-ring (bicyclic) bond motifs is 2. The van der Waals surface area contributed by atoms with Gasteiger partial charge < -0.3 is 5.11 Å². The summed E-state index contributed by atoms with van der Waals surface area (Å²) in [6.07, 6.45) is 3.86. The summed E-state index contributed by atoms with van der Waals surface area (Å²) in [6.45, 7) is 2.21. The lowest BCUT2D eigenvalue weighted by molar-refractivity contribution is -0.143. The molecule has 2 aliphatic heterocycles. The van der Waals surface area contributed by atoms with Crippen LogP contribution in [0.15, 0.2) is 59.5 Å². The summed E-state index contributed by atoms with van der Waals surface area (Å²) in [7, 11) is -1.07. The fourth-order valence-electron chi connectivity index (χ4n) is 4.02. The zero-order valence-electron chi connectivity index (χ0n) is 15.1. The van der Waals surface area contributed by atoms with E-state index in [4.69, 9.17) is 0 Å². The Bertz CT molecular complexity index is 921. The highest BCUT2D eigenvalue weighted by Gasteiger charge is 2.26. The molecule has 1 N–H and O–H groups in total. The Labute approximate surface area is 162 Å². The Kier molecular flexibility index (Phi) is 5.23. The van der Waals surface area contributed by atoms with Gasteiger partial charge in [-0.3, -0.25) is 13.9 Å². The predicted molar refractivity (Wildman–Crippen MR) is 107 cm³/mol. The van der Waals surface area contributed by atoms with Crippen molar-refractivity contribution < 1.29 is 14.1 Å². The third kappa shape index (κ3) is 3.75. The van der Waals surface area contributed by atoms with E-state index in [-0.39, 0.29) is 5.92 Å². The van der Waals surface area contributed by atoms with Crippen molar-refractivity contribution in [3.05, 3.63) is 71.3 Å². The Morgan fingerprint density at radius 1 is 1.15 bits per heavy atom. The van der Waals surface area contributed by atoms with E-state index < -0.39 is 16.8 Å². The minimum atomic E-state index is -1.07. The standard InChI is InChI=1S/C22H23NO3S/c24-22(25)16-7-5-12-23(14-16)13-11-19-18-8-2-1-6-17(18)15-27(26)21-10-4-3-9-20(19)21/h1-4,6,8-11,16H,5,7,12-15H2,(H,24,25)/b19-11+. The van der Waals surface area contributed by atoms with Crippen molar-refractivity contribution in [2.45, 2.75) is 23.5 Å². The number of carbonyl (C=O) groups is 1. The molecular formula is C22H23NO3S. The molecule has 27 heavy (non-hydrogen) atoms. The fraction of sp³-hybridized carbons (Fsp3) is 0.318. The Hall–Kier alpha value is -2.24. The number of nitrogens with zero attached hydrogens (tertiary/aromatic N) is 1. The van der Waals surface area contributed by atoms with Gasteiger partial charge in [-0.25, -0.2) is 0 Å². The molecule has 140 valence electrons. The van der Waals surface area contributed by atoms with Crippen LogP contribution in [-0.2, 0) is 21.3 Å². The van der Waals surface area contributed by atoms with Crippen LogP contribution in [0.1, 0.15) is 29.5 Å². The number of likely N-dealkylation sites (tertiary alicyclic amines) is 1. The predicted octanol–water partition coefficient (Wildman–Crippen LogP) is 3.54. The zero-order chi connectivity index (χ0) is 18.8. The first-order valence-corrected chi connectivity index (χ1v) is 10.7. The molecule has 2 aromatic rings. The number of hydrogen-bond acceptors (Lipinski definition) is 3. The van der Waals surface area contributed by atoms with Crippen LogP contribution in [0, 0.1) is 5.92 Å². The smallest absolute Gasteiger partial charge is 0.307 e. The molecule has 0 aromatic heterocycles. The number of carboxylic acid groups (broad SMARTS) is 1. The van der Waals surface area contributed by atoms with E-state index in [1.807, 2.05) is 42.5 Å². The third-order valence-electron chi connectivity index (χ3n) is 5.43. The van der Waals surface area contributed by atoms with Gasteiger partial charge in [0, 0.05) is 18.0 Å². The molecule has 2 aromatic carbocycles. The van der Waals surface area contributed by atoms with Gasteiger partial charge in [0.05, 0.1) is 22.5 Å². The highest BCUT2D eigenvalue weighted by Crippen LogP contribution is 2.35. The van der Waals surface area contributed by atoms with Gasteiger partial charge in [0.25, 0.3) is 0 Å². The number of hydrogen-bond donors (Lipinski definition) is 1. The lowest BCUT2D eigenvalue weighted by Crippen LogP contribution is -2.38. The average molecular weight is 381 g/mol. The molecule has 2 unspecified atom stereocenters. The van der Waals surface area contributed by atoms with Crippen LogP contribution in [0.3, 0.4) is 0 Å². The summed E-state index contributed by atoms with van der Waals surface area (Å²) in [4.78, 5) is 14.4. The van der Waals surface area contributed by atoms with E-state index in [2.05, 4.69) is 17.0 Å². The van der Waals surface area contributed by atoms with E-state index in [1.165, 1.54) is 0 Å². The van der Waals surface area contributed by atoms with Gasteiger partial charge in [-0.15, -0.1) is 0 Å². The highest BCUT2D eigenvalue weighted by atomic mass is 32.2. The van der Waals surface area contributed by atoms with Crippen molar-refractivity contribution in [1.29, 1.82) is 0 Å². The van der Waals surface area contributed by atoms with Gasteiger partial charge in [-0.05, 0) is 47.7 Å². The van der Waals surface area contributed by atoms with Crippen molar-refractivity contribution in [2.75, 3.05) is 19.6 Å². The van der Waals surface area contributed by atoms with Crippen LogP contribution in [0.25, 0.3) is 5.57 Å². The summed E-state index contributed by atoms with van der Waals surface area (Å²) in [5.74, 6) is -0.457. The minimum Gasteiger partial charge on any atom is -0.481 e. The molecule has 1 fully saturated rings. The number of rotatable bonds is 3. The zero-order valence-corrected chi connectivity index (χ0v) is 16.0. The van der Waals surface area contributed by atoms with E-state index in [9.17, 15) is 14.1 Å². The van der Waals surface area contributed by atoms with Gasteiger partial charge in [0.2, 0.25) is 0 Å². The first-order chi connectivity index (χ1) is 13.1. The Morgan fingerprint density at radius 2 is 1.89 bits per heavy atom.